The zero-order chi connectivity index (χ0) is 27.8. The molecule has 0 aliphatic carbocycles. The number of carbonyl (C=O) groups is 2. The summed E-state index contributed by atoms with van der Waals surface area (Å²) in [6.45, 7) is 0.842. The highest BCUT2D eigenvalue weighted by Gasteiger charge is 2.65. The fraction of sp³-hybridized carbons (Fsp3) is 0.421. The molecule has 8 nitrogen and oxygen atoms in total. The number of ether oxygens (including phenoxy) is 2. The maximum absolute atomic E-state index is 13.7. The first kappa shape index (κ1) is 29.0. The third-order valence-corrected chi connectivity index (χ3v) is 5.97. The maximum Gasteiger partial charge on any atom is 0.429 e. The van der Waals surface area contributed by atoms with Crippen molar-refractivity contribution in [3.8, 4) is 5.75 Å². The number of alkyl halides is 3. The first-order valence-corrected chi connectivity index (χ1v) is 11.9. The first-order valence-electron chi connectivity index (χ1n) is 9.92. The molecule has 0 spiro atoms. The number of aryl methyl sites for hydroxylation is 1. The number of nitrogens with two attached hydrogens (primary N) is 2. The van der Waals surface area contributed by atoms with Gasteiger partial charge in [0.15, 0.2) is 5.96 Å². The second-order valence-electron chi connectivity index (χ2n) is 7.76. The van der Waals surface area contributed by atoms with Gasteiger partial charge in [-0.1, -0.05) is 19.4 Å². The van der Waals surface area contributed by atoms with Crippen molar-refractivity contribution in [1.29, 1.82) is 0 Å². The Bertz CT molecular complexity index is 1120. The maximum atomic E-state index is 13.7. The van der Waals surface area contributed by atoms with E-state index in [-0.39, 0.29) is 37.5 Å². The lowest BCUT2D eigenvalue weighted by atomic mass is 9.98. The number of hydrogen-bond acceptors (Lipinski definition) is 5. The van der Waals surface area contributed by atoms with Crippen LogP contribution >= 0.6 is 10.2 Å². The Kier molecular flexibility index (Phi) is 7.25. The molecular formula is C19H22F8N4O4S. The van der Waals surface area contributed by atoms with Crippen molar-refractivity contribution < 1.29 is 51.7 Å². The Hall–Kier alpha value is -3.24. The van der Waals surface area contributed by atoms with Gasteiger partial charge in [-0.15, -0.1) is 0 Å². The third-order valence-electron chi connectivity index (χ3n) is 4.85. The van der Waals surface area contributed by atoms with Gasteiger partial charge in [0.2, 0.25) is 6.10 Å². The van der Waals surface area contributed by atoms with E-state index >= 15 is 0 Å². The van der Waals surface area contributed by atoms with Crippen molar-refractivity contribution in [2.45, 2.75) is 43.0 Å². The average molecular weight is 554 g/mol. The summed E-state index contributed by atoms with van der Waals surface area (Å²) in [5.41, 5.74) is 7.57. The Morgan fingerprint density at radius 3 is 2.31 bits per heavy atom. The molecule has 1 aromatic rings. The minimum Gasteiger partial charge on any atom is -0.475 e. The number of esters is 1. The van der Waals surface area contributed by atoms with E-state index in [9.17, 15) is 42.2 Å². The van der Waals surface area contributed by atoms with Crippen molar-refractivity contribution in [1.82, 2.24) is 5.32 Å². The predicted molar refractivity (Wildman–Crippen MR) is 115 cm³/mol. The summed E-state index contributed by atoms with van der Waals surface area (Å²) < 4.78 is 117. The van der Waals surface area contributed by atoms with Gasteiger partial charge in [-0.3, -0.25) is 9.79 Å². The Morgan fingerprint density at radius 2 is 1.81 bits per heavy atom. The molecular weight excluding hydrogens is 532 g/mol. The number of nitrogens with one attached hydrogen (secondary N) is 1. The fourth-order valence-electron chi connectivity index (χ4n) is 3.25. The van der Waals surface area contributed by atoms with Crippen LogP contribution in [0.2, 0.25) is 0 Å². The van der Waals surface area contributed by atoms with Gasteiger partial charge in [-0.25, -0.2) is 4.79 Å². The van der Waals surface area contributed by atoms with Crippen molar-refractivity contribution in [3.05, 3.63) is 28.8 Å². The van der Waals surface area contributed by atoms with E-state index in [1.807, 2.05) is 5.32 Å². The van der Waals surface area contributed by atoms with Crippen LogP contribution in [0.4, 0.5) is 32.6 Å². The standard InChI is InChI=1S/C19H22F8N4O4S/c1-9-6-11(36(23,24,25,26)27)7-10-8-12(15(19(20,21)22)35-14(9)10)16(32)31-13(17(33)34-2)4-3-5-30-18(28)29/h6-8,13,15H,3-5H2,1-2H3,(H,31,32)(H4,28,29,30)/t13-,15-/m0/s1. The van der Waals surface area contributed by atoms with E-state index in [4.69, 9.17) is 16.2 Å². The molecule has 0 saturated carbocycles. The number of amides is 1. The minimum absolute atomic E-state index is 0.00745. The molecule has 1 amide bonds. The SMILES string of the molecule is COC(=O)[C@H](CCCN=C(N)N)NC(=O)C1=Cc2cc(S(F)(F)(F)(F)F)cc(C)c2O[C@@H]1C(F)(F)F. The molecule has 1 aromatic carbocycles. The second-order valence-corrected chi connectivity index (χ2v) is 10.2. The number of halogens is 8. The molecule has 1 heterocycles. The number of nitrogens with zero attached hydrogens (tertiary/aromatic N) is 1. The van der Waals surface area contributed by atoms with Crippen LogP contribution in [0.25, 0.3) is 6.08 Å². The Balaban J connectivity index is 2.50. The summed E-state index contributed by atoms with van der Waals surface area (Å²) >= 11 is 0. The van der Waals surface area contributed by atoms with Crippen molar-refractivity contribution in [2.24, 2.45) is 16.5 Å². The van der Waals surface area contributed by atoms with Gasteiger partial charge in [-0.2, -0.15) is 13.2 Å². The monoisotopic (exact) mass is 554 g/mol. The van der Waals surface area contributed by atoms with Crippen LogP contribution < -0.4 is 21.5 Å². The molecule has 2 atom stereocenters. The number of hydrogen-bond donors (Lipinski definition) is 3. The summed E-state index contributed by atoms with van der Waals surface area (Å²) in [4.78, 5) is 26.0. The van der Waals surface area contributed by atoms with E-state index in [0.717, 1.165) is 14.0 Å². The van der Waals surface area contributed by atoms with Gasteiger partial charge >= 0.3 is 22.4 Å². The third kappa shape index (κ3) is 7.14. The van der Waals surface area contributed by atoms with Gasteiger partial charge in [0.05, 0.1) is 12.7 Å². The number of guanidine groups is 1. The first-order chi connectivity index (χ1) is 16.1. The lowest BCUT2D eigenvalue weighted by Gasteiger charge is -2.41. The molecule has 5 N–H and O–H groups in total. The summed E-state index contributed by atoms with van der Waals surface area (Å²) in [5.74, 6) is -3.63. The highest BCUT2D eigenvalue weighted by molar-refractivity contribution is 8.45. The Labute approximate surface area is 199 Å². The minimum atomic E-state index is -10.2. The number of methoxy groups -OCH3 is 1. The molecule has 0 saturated heterocycles. The van der Waals surface area contributed by atoms with Crippen molar-refractivity contribution >= 4 is 34.1 Å². The number of rotatable bonds is 8. The molecule has 204 valence electrons. The molecule has 0 radical (unpaired) electrons. The quantitative estimate of drug-likeness (QED) is 0.146. The number of aliphatic imine (C=N–C) groups is 1. The van der Waals surface area contributed by atoms with E-state index < -0.39 is 67.8 Å². The molecule has 0 fully saturated rings. The smallest absolute Gasteiger partial charge is 0.429 e. The van der Waals surface area contributed by atoms with Crippen molar-refractivity contribution in [2.75, 3.05) is 13.7 Å². The molecule has 36 heavy (non-hydrogen) atoms. The predicted octanol–water partition coefficient (Wildman–Crippen LogP) is 4.07. The van der Waals surface area contributed by atoms with Gasteiger partial charge in [0.25, 0.3) is 5.91 Å². The molecule has 0 bridgehead atoms. The number of benzene rings is 1. The topological polar surface area (TPSA) is 129 Å². The van der Waals surface area contributed by atoms with Crippen LogP contribution in [0.1, 0.15) is 24.0 Å². The molecule has 17 heteroatoms. The highest BCUT2D eigenvalue weighted by atomic mass is 32.5. The summed E-state index contributed by atoms with van der Waals surface area (Å²) in [6.07, 6.45) is -7.95. The fourth-order valence-corrected chi connectivity index (χ4v) is 4.00. The second kappa shape index (κ2) is 9.01. The van der Waals surface area contributed by atoms with Gasteiger partial charge in [-0.05, 0) is 43.5 Å². The van der Waals surface area contributed by atoms with E-state index in [1.165, 1.54) is 0 Å². The molecule has 0 unspecified atom stereocenters. The normalized spacial score (nSPS) is 18.4. The van der Waals surface area contributed by atoms with Gasteiger partial charge < -0.3 is 26.3 Å². The van der Waals surface area contributed by atoms with Crippen LogP contribution in [-0.2, 0) is 14.3 Å². The molecule has 1 aliphatic rings. The van der Waals surface area contributed by atoms with E-state index in [1.54, 1.807) is 0 Å². The van der Waals surface area contributed by atoms with Crippen LogP contribution in [-0.4, -0.2) is 49.8 Å². The van der Waals surface area contributed by atoms with Gasteiger partial charge in [0, 0.05) is 12.1 Å². The van der Waals surface area contributed by atoms with Crippen LogP contribution in [0.3, 0.4) is 0 Å². The Morgan fingerprint density at radius 1 is 1.19 bits per heavy atom. The van der Waals surface area contributed by atoms with Crippen molar-refractivity contribution in [3.63, 3.8) is 0 Å². The largest absolute Gasteiger partial charge is 0.475 e. The molecule has 2 rings (SSSR count). The summed E-state index contributed by atoms with van der Waals surface area (Å²) in [6, 6.07) is -1.63. The van der Waals surface area contributed by atoms with Crippen LogP contribution in [0.5, 0.6) is 5.75 Å². The van der Waals surface area contributed by atoms with Gasteiger partial charge in [0.1, 0.15) is 16.7 Å². The zero-order valence-corrected chi connectivity index (χ0v) is 19.5. The average Bonchev–Trinajstić information content (AvgIpc) is 2.71. The van der Waals surface area contributed by atoms with E-state index in [2.05, 4.69) is 9.73 Å². The lowest BCUT2D eigenvalue weighted by molar-refractivity contribution is -0.185. The highest BCUT2D eigenvalue weighted by Crippen LogP contribution is 3.02. The molecule has 1 aliphatic heterocycles. The van der Waals surface area contributed by atoms with Crippen LogP contribution in [0.15, 0.2) is 27.6 Å². The van der Waals surface area contributed by atoms with E-state index in [0.29, 0.717) is 6.08 Å². The zero-order valence-electron chi connectivity index (χ0n) is 18.7. The summed E-state index contributed by atoms with van der Waals surface area (Å²) in [5, 5.41) is 2.00. The number of carbonyl (C=O) groups excluding carboxylic acids is 2. The number of fused-ring (bicyclic) bond motifs is 1. The summed E-state index contributed by atoms with van der Waals surface area (Å²) in [7, 11) is -9.28. The molecule has 0 aromatic heterocycles. The van der Waals surface area contributed by atoms with Crippen LogP contribution in [0, 0.1) is 6.92 Å². The lowest BCUT2D eigenvalue weighted by Crippen LogP contribution is -2.48.